The molecule has 2 nitrogen and oxygen atoms in total. The summed E-state index contributed by atoms with van der Waals surface area (Å²) in [6, 6.07) is 0.262. The average molecular weight is 178 g/mol. The molecule has 0 aliphatic rings. The van der Waals surface area contributed by atoms with Gasteiger partial charge in [0.15, 0.2) is 0 Å². The van der Waals surface area contributed by atoms with Crippen LogP contribution in [0.2, 0.25) is 0 Å². The summed E-state index contributed by atoms with van der Waals surface area (Å²) >= 11 is 5.66. The Morgan fingerprint density at radius 2 is 2.36 bits per heavy atom. The van der Waals surface area contributed by atoms with Gasteiger partial charge in [-0.2, -0.15) is 0 Å². The highest BCUT2D eigenvalue weighted by Gasteiger charge is 2.02. The Kier molecular flexibility index (Phi) is 8.01. The number of halogens is 1. The van der Waals surface area contributed by atoms with Gasteiger partial charge in [-0.1, -0.05) is 12.2 Å². The Balaban J connectivity index is 3.35. The molecular weight excluding hydrogens is 162 g/mol. The Morgan fingerprint density at radius 3 is 2.82 bits per heavy atom. The minimum Gasteiger partial charge on any atom is -0.383 e. The highest BCUT2D eigenvalue weighted by molar-refractivity contribution is 6.18. The van der Waals surface area contributed by atoms with E-state index >= 15 is 0 Å². The van der Waals surface area contributed by atoms with Crippen LogP contribution in [0.5, 0.6) is 0 Å². The SMILES string of the molecule is C/C=C/CNC(CCl)COC. The lowest BCUT2D eigenvalue weighted by molar-refractivity contribution is 0.175. The molecule has 0 heterocycles. The Labute approximate surface area is 73.6 Å². The minimum absolute atomic E-state index is 0.262. The summed E-state index contributed by atoms with van der Waals surface area (Å²) in [6.45, 7) is 3.52. The Bertz CT molecular complexity index is 106. The smallest absolute Gasteiger partial charge is 0.0627 e. The van der Waals surface area contributed by atoms with E-state index in [0.717, 1.165) is 6.54 Å². The van der Waals surface area contributed by atoms with Crippen LogP contribution in [-0.2, 0) is 4.74 Å². The van der Waals surface area contributed by atoms with Gasteiger partial charge >= 0.3 is 0 Å². The first-order valence-electron chi connectivity index (χ1n) is 3.74. The molecule has 0 aromatic heterocycles. The van der Waals surface area contributed by atoms with E-state index in [1.54, 1.807) is 7.11 Å². The van der Waals surface area contributed by atoms with Gasteiger partial charge < -0.3 is 10.1 Å². The fraction of sp³-hybridized carbons (Fsp3) is 0.750. The first-order chi connectivity index (χ1) is 5.35. The lowest BCUT2D eigenvalue weighted by Crippen LogP contribution is -2.34. The van der Waals surface area contributed by atoms with Crippen molar-refractivity contribution in [2.45, 2.75) is 13.0 Å². The molecule has 0 rings (SSSR count). The van der Waals surface area contributed by atoms with E-state index in [9.17, 15) is 0 Å². The predicted octanol–water partition coefficient (Wildman–Crippen LogP) is 1.41. The molecule has 0 aromatic carbocycles. The topological polar surface area (TPSA) is 21.3 Å². The third-order valence-corrected chi connectivity index (χ3v) is 1.69. The third-order valence-electron chi connectivity index (χ3n) is 1.31. The van der Waals surface area contributed by atoms with E-state index < -0.39 is 0 Å². The second kappa shape index (κ2) is 8.05. The first kappa shape index (κ1) is 11.0. The van der Waals surface area contributed by atoms with Crippen molar-refractivity contribution in [1.82, 2.24) is 5.32 Å². The van der Waals surface area contributed by atoms with Crippen LogP contribution in [-0.4, -0.2) is 32.2 Å². The van der Waals surface area contributed by atoms with Crippen LogP contribution < -0.4 is 5.32 Å². The molecule has 66 valence electrons. The highest BCUT2D eigenvalue weighted by atomic mass is 35.5. The van der Waals surface area contributed by atoms with E-state index in [1.807, 2.05) is 13.0 Å². The van der Waals surface area contributed by atoms with Crippen molar-refractivity contribution in [3.05, 3.63) is 12.2 Å². The molecule has 0 saturated carbocycles. The van der Waals surface area contributed by atoms with Crippen molar-refractivity contribution >= 4 is 11.6 Å². The summed E-state index contributed by atoms with van der Waals surface area (Å²) in [4.78, 5) is 0. The summed E-state index contributed by atoms with van der Waals surface area (Å²) in [5, 5.41) is 3.23. The highest BCUT2D eigenvalue weighted by Crippen LogP contribution is 1.88. The van der Waals surface area contributed by atoms with Crippen molar-refractivity contribution in [3.63, 3.8) is 0 Å². The predicted molar refractivity (Wildman–Crippen MR) is 49.2 cm³/mol. The monoisotopic (exact) mass is 177 g/mol. The summed E-state index contributed by atoms with van der Waals surface area (Å²) in [5.41, 5.74) is 0. The summed E-state index contributed by atoms with van der Waals surface area (Å²) < 4.78 is 4.95. The standard InChI is InChI=1S/C8H16ClNO/c1-3-4-5-10-8(6-9)7-11-2/h3-4,8,10H,5-7H2,1-2H3/b4-3+. The fourth-order valence-electron chi connectivity index (χ4n) is 0.712. The van der Waals surface area contributed by atoms with E-state index in [2.05, 4.69) is 11.4 Å². The lowest BCUT2D eigenvalue weighted by Gasteiger charge is -2.12. The number of allylic oxidation sites excluding steroid dienone is 1. The normalized spacial score (nSPS) is 14.1. The average Bonchev–Trinajstić information content (AvgIpc) is 2.03. The molecule has 1 unspecified atom stereocenters. The molecule has 11 heavy (non-hydrogen) atoms. The van der Waals surface area contributed by atoms with Crippen LogP contribution >= 0.6 is 11.6 Å². The number of methoxy groups -OCH3 is 1. The van der Waals surface area contributed by atoms with Crippen LogP contribution in [0, 0.1) is 0 Å². The van der Waals surface area contributed by atoms with Crippen LogP contribution in [0.3, 0.4) is 0 Å². The molecule has 0 saturated heterocycles. The molecule has 0 aliphatic carbocycles. The van der Waals surface area contributed by atoms with Crippen molar-refractivity contribution in [2.24, 2.45) is 0 Å². The van der Waals surface area contributed by atoms with Crippen molar-refractivity contribution in [3.8, 4) is 0 Å². The maximum atomic E-state index is 5.66. The maximum absolute atomic E-state index is 5.66. The van der Waals surface area contributed by atoms with E-state index in [-0.39, 0.29) is 6.04 Å². The third kappa shape index (κ3) is 6.35. The van der Waals surface area contributed by atoms with Crippen molar-refractivity contribution < 1.29 is 4.74 Å². The van der Waals surface area contributed by atoms with Gasteiger partial charge in [-0.25, -0.2) is 0 Å². The Morgan fingerprint density at radius 1 is 1.64 bits per heavy atom. The van der Waals surface area contributed by atoms with E-state index in [4.69, 9.17) is 16.3 Å². The molecule has 0 spiro atoms. The van der Waals surface area contributed by atoms with Gasteiger partial charge in [0, 0.05) is 25.6 Å². The first-order valence-corrected chi connectivity index (χ1v) is 4.28. The zero-order valence-electron chi connectivity index (χ0n) is 7.14. The lowest BCUT2D eigenvalue weighted by atomic mass is 10.3. The quantitative estimate of drug-likeness (QED) is 0.489. The largest absolute Gasteiger partial charge is 0.383 e. The van der Waals surface area contributed by atoms with E-state index in [0.29, 0.717) is 12.5 Å². The molecule has 3 heteroatoms. The zero-order valence-corrected chi connectivity index (χ0v) is 7.90. The number of hydrogen-bond acceptors (Lipinski definition) is 2. The molecule has 0 aromatic rings. The van der Waals surface area contributed by atoms with Gasteiger partial charge in [-0.3, -0.25) is 0 Å². The molecule has 0 bridgehead atoms. The second-order valence-electron chi connectivity index (χ2n) is 2.28. The summed E-state index contributed by atoms with van der Waals surface area (Å²) in [5.74, 6) is 0.589. The van der Waals surface area contributed by atoms with Gasteiger partial charge in [0.2, 0.25) is 0 Å². The number of ether oxygens (including phenoxy) is 1. The van der Waals surface area contributed by atoms with Crippen LogP contribution in [0.15, 0.2) is 12.2 Å². The van der Waals surface area contributed by atoms with Crippen LogP contribution in [0.25, 0.3) is 0 Å². The fourth-order valence-corrected chi connectivity index (χ4v) is 0.910. The van der Waals surface area contributed by atoms with Gasteiger partial charge in [-0.05, 0) is 6.92 Å². The number of alkyl halides is 1. The van der Waals surface area contributed by atoms with Crippen LogP contribution in [0.1, 0.15) is 6.92 Å². The number of rotatable bonds is 6. The van der Waals surface area contributed by atoms with Gasteiger partial charge in [0.1, 0.15) is 0 Å². The maximum Gasteiger partial charge on any atom is 0.0627 e. The summed E-state index contributed by atoms with van der Waals surface area (Å²) in [6.07, 6.45) is 4.06. The molecular formula is C8H16ClNO. The molecule has 0 aliphatic heterocycles. The number of hydrogen-bond donors (Lipinski definition) is 1. The molecule has 0 amide bonds. The van der Waals surface area contributed by atoms with Gasteiger partial charge in [0.05, 0.1) is 6.61 Å². The molecule has 0 fully saturated rings. The van der Waals surface area contributed by atoms with Crippen molar-refractivity contribution in [1.29, 1.82) is 0 Å². The summed E-state index contributed by atoms with van der Waals surface area (Å²) in [7, 11) is 1.68. The van der Waals surface area contributed by atoms with Crippen molar-refractivity contribution in [2.75, 3.05) is 26.1 Å². The van der Waals surface area contributed by atoms with E-state index in [1.165, 1.54) is 0 Å². The molecule has 0 radical (unpaired) electrons. The second-order valence-corrected chi connectivity index (χ2v) is 2.59. The molecule has 1 atom stereocenters. The van der Waals surface area contributed by atoms with Crippen LogP contribution in [0.4, 0.5) is 0 Å². The number of nitrogens with one attached hydrogen (secondary N) is 1. The zero-order chi connectivity index (χ0) is 8.53. The van der Waals surface area contributed by atoms with Gasteiger partial charge in [-0.15, -0.1) is 11.6 Å². The Hall–Kier alpha value is -0.0500. The van der Waals surface area contributed by atoms with Gasteiger partial charge in [0.25, 0.3) is 0 Å². The minimum atomic E-state index is 0.262. The molecule has 1 N–H and O–H groups in total.